The van der Waals surface area contributed by atoms with E-state index in [0.717, 1.165) is 47.7 Å². The van der Waals surface area contributed by atoms with Gasteiger partial charge in [0.2, 0.25) is 0 Å². The minimum atomic E-state index is -0.396. The molecule has 0 spiro atoms. The number of aromatic nitrogens is 1. The van der Waals surface area contributed by atoms with E-state index in [1.54, 1.807) is 0 Å². The molecule has 0 bridgehead atoms. The van der Waals surface area contributed by atoms with Crippen LogP contribution in [0.1, 0.15) is 35.8 Å². The summed E-state index contributed by atoms with van der Waals surface area (Å²) in [6.07, 6.45) is 3.30. The Balaban J connectivity index is 1.36. The van der Waals surface area contributed by atoms with Crippen LogP contribution in [0.25, 0.3) is 10.9 Å². The molecule has 1 saturated heterocycles. The van der Waals surface area contributed by atoms with Crippen molar-refractivity contribution in [2.24, 2.45) is 5.92 Å². The number of piperidine rings is 1. The summed E-state index contributed by atoms with van der Waals surface area (Å²) in [7, 11) is 0. The maximum Gasteiger partial charge on any atom is 0.130 e. The number of rotatable bonds is 5. The number of hydrogen-bond donors (Lipinski definition) is 3. The van der Waals surface area contributed by atoms with Crippen molar-refractivity contribution in [2.75, 3.05) is 19.6 Å². The Morgan fingerprint density at radius 2 is 1.73 bits per heavy atom. The van der Waals surface area contributed by atoms with Gasteiger partial charge in [-0.15, -0.1) is 0 Å². The molecule has 0 saturated carbocycles. The average molecular weight is 349 g/mol. The van der Waals surface area contributed by atoms with Crippen LogP contribution in [0.2, 0.25) is 0 Å². The summed E-state index contributed by atoms with van der Waals surface area (Å²) >= 11 is 0. The van der Waals surface area contributed by atoms with Gasteiger partial charge in [-0.25, -0.2) is 0 Å². The molecule has 26 heavy (non-hydrogen) atoms. The van der Waals surface area contributed by atoms with Crippen molar-refractivity contribution in [3.8, 4) is 0 Å². The molecular weight excluding hydrogens is 320 g/mol. The van der Waals surface area contributed by atoms with Crippen LogP contribution in [0, 0.1) is 12.8 Å². The van der Waals surface area contributed by atoms with Crippen LogP contribution in [0.15, 0.2) is 54.6 Å². The van der Waals surface area contributed by atoms with Crippen LogP contribution >= 0.6 is 0 Å². The quantitative estimate of drug-likeness (QED) is 0.651. The zero-order valence-electron chi connectivity index (χ0n) is 15.5. The lowest BCUT2D eigenvalue weighted by atomic mass is 9.90. The van der Waals surface area contributed by atoms with E-state index in [-0.39, 0.29) is 0 Å². The molecule has 0 amide bonds. The van der Waals surface area contributed by atoms with Crippen LogP contribution in [-0.4, -0.2) is 29.7 Å². The van der Waals surface area contributed by atoms with E-state index in [1.165, 1.54) is 29.7 Å². The van der Waals surface area contributed by atoms with E-state index in [0.29, 0.717) is 0 Å². The predicted molar refractivity (Wildman–Crippen MR) is 106 cm³/mol. The zero-order chi connectivity index (χ0) is 17.9. The highest BCUT2D eigenvalue weighted by Gasteiger charge is 2.26. The minimum absolute atomic E-state index is 0.396. The lowest BCUT2D eigenvalue weighted by molar-refractivity contribution is -0.910. The molecule has 1 atom stereocenters. The number of para-hydroxylation sites is 1. The first-order valence-corrected chi connectivity index (χ1v) is 9.83. The predicted octanol–water partition coefficient (Wildman–Crippen LogP) is 3.05. The number of aliphatic hydroxyl groups is 1. The monoisotopic (exact) mass is 349 g/mol. The lowest BCUT2D eigenvalue weighted by Gasteiger charge is -2.30. The molecule has 3 nitrogen and oxygen atoms in total. The van der Waals surface area contributed by atoms with Crippen molar-refractivity contribution < 1.29 is 10.0 Å². The number of likely N-dealkylation sites (tertiary alicyclic amines) is 1. The average Bonchev–Trinajstić information content (AvgIpc) is 3.00. The third kappa shape index (κ3) is 3.69. The highest BCUT2D eigenvalue weighted by atomic mass is 16.3. The van der Waals surface area contributed by atoms with Crippen LogP contribution < -0.4 is 4.90 Å². The number of benzene rings is 2. The molecule has 2 aromatic carbocycles. The van der Waals surface area contributed by atoms with Crippen molar-refractivity contribution >= 4 is 10.9 Å². The summed E-state index contributed by atoms with van der Waals surface area (Å²) in [6, 6.07) is 19.1. The Morgan fingerprint density at radius 3 is 2.50 bits per heavy atom. The minimum Gasteiger partial charge on any atom is -0.382 e. The van der Waals surface area contributed by atoms with Crippen LogP contribution in [0.4, 0.5) is 0 Å². The normalized spacial score (nSPS) is 21.8. The van der Waals surface area contributed by atoms with Gasteiger partial charge in [-0.1, -0.05) is 48.5 Å². The fourth-order valence-electron chi connectivity index (χ4n) is 4.54. The van der Waals surface area contributed by atoms with Gasteiger partial charge in [-0.2, -0.15) is 0 Å². The fraction of sp³-hybridized carbons (Fsp3) is 0.391. The van der Waals surface area contributed by atoms with Crippen molar-refractivity contribution in [3.63, 3.8) is 0 Å². The van der Waals surface area contributed by atoms with Gasteiger partial charge in [0.25, 0.3) is 0 Å². The molecule has 3 heteroatoms. The molecular formula is C23H29N2O+. The number of aromatic amines is 1. The highest BCUT2D eigenvalue weighted by Crippen LogP contribution is 2.27. The molecule has 1 aliphatic heterocycles. The van der Waals surface area contributed by atoms with Crippen molar-refractivity contribution in [1.29, 1.82) is 0 Å². The number of H-pyrrole nitrogens is 1. The summed E-state index contributed by atoms with van der Waals surface area (Å²) in [5.74, 6) is 0.785. The third-order valence-electron chi connectivity index (χ3n) is 5.94. The SMILES string of the molecule is Cc1[nH]c2ccccc2c1[C@@H](O)C[NH+]1CCC(Cc2ccccc2)CC1. The van der Waals surface area contributed by atoms with Gasteiger partial charge in [0, 0.05) is 22.2 Å². The van der Waals surface area contributed by atoms with E-state index in [1.807, 2.05) is 12.1 Å². The maximum atomic E-state index is 10.9. The fourth-order valence-corrected chi connectivity index (χ4v) is 4.54. The van der Waals surface area contributed by atoms with Gasteiger partial charge in [0.1, 0.15) is 12.6 Å². The van der Waals surface area contributed by atoms with E-state index >= 15 is 0 Å². The second kappa shape index (κ2) is 7.65. The van der Waals surface area contributed by atoms with E-state index < -0.39 is 6.10 Å². The molecule has 1 aliphatic rings. The Kier molecular flexibility index (Phi) is 5.09. The molecule has 1 fully saturated rings. The summed E-state index contributed by atoms with van der Waals surface area (Å²) in [5.41, 5.74) is 4.75. The van der Waals surface area contributed by atoms with Crippen LogP contribution in [0.5, 0.6) is 0 Å². The van der Waals surface area contributed by atoms with Crippen molar-refractivity contribution in [1.82, 2.24) is 4.98 Å². The molecule has 3 N–H and O–H groups in total. The van der Waals surface area contributed by atoms with Gasteiger partial charge in [-0.05, 0) is 43.7 Å². The zero-order valence-corrected chi connectivity index (χ0v) is 15.5. The first-order valence-electron chi connectivity index (χ1n) is 9.83. The summed E-state index contributed by atoms with van der Waals surface area (Å²) in [6.45, 7) is 5.20. The van der Waals surface area contributed by atoms with Crippen molar-refractivity contribution in [2.45, 2.75) is 32.3 Å². The number of hydrogen-bond acceptors (Lipinski definition) is 1. The number of aryl methyl sites for hydroxylation is 1. The summed E-state index contributed by atoms with van der Waals surface area (Å²) in [5, 5.41) is 12.1. The van der Waals surface area contributed by atoms with E-state index in [4.69, 9.17) is 0 Å². The highest BCUT2D eigenvalue weighted by molar-refractivity contribution is 5.84. The molecule has 2 heterocycles. The van der Waals surface area contributed by atoms with Gasteiger partial charge in [-0.3, -0.25) is 0 Å². The van der Waals surface area contributed by atoms with Gasteiger partial charge in [0.05, 0.1) is 13.1 Å². The Bertz CT molecular complexity index is 847. The number of aliphatic hydroxyl groups excluding tert-OH is 1. The molecule has 0 unspecified atom stereocenters. The molecule has 1 aromatic heterocycles. The molecule has 0 radical (unpaired) electrons. The number of nitrogens with one attached hydrogen (secondary N) is 2. The number of quaternary nitrogens is 1. The molecule has 4 rings (SSSR count). The van der Waals surface area contributed by atoms with Gasteiger partial charge >= 0.3 is 0 Å². The standard InChI is InChI=1S/C23H28N2O/c1-17-23(20-9-5-6-10-21(20)24-17)22(26)16-25-13-11-19(12-14-25)15-18-7-3-2-4-8-18/h2-10,19,22,24,26H,11-16H2,1H3/p+1/t22-/m0/s1. The van der Waals surface area contributed by atoms with E-state index in [2.05, 4.69) is 54.4 Å². The first kappa shape index (κ1) is 17.3. The Labute approximate surface area is 155 Å². The Morgan fingerprint density at radius 1 is 1.04 bits per heavy atom. The number of fused-ring (bicyclic) bond motifs is 1. The third-order valence-corrected chi connectivity index (χ3v) is 5.94. The van der Waals surface area contributed by atoms with Gasteiger partial charge in [0.15, 0.2) is 0 Å². The molecule has 3 aromatic rings. The lowest BCUT2D eigenvalue weighted by Crippen LogP contribution is -3.13. The topological polar surface area (TPSA) is 40.5 Å². The van der Waals surface area contributed by atoms with E-state index in [9.17, 15) is 5.11 Å². The summed E-state index contributed by atoms with van der Waals surface area (Å²) < 4.78 is 0. The second-order valence-electron chi connectivity index (χ2n) is 7.81. The van der Waals surface area contributed by atoms with Crippen LogP contribution in [0.3, 0.4) is 0 Å². The molecule has 136 valence electrons. The molecule has 0 aliphatic carbocycles. The van der Waals surface area contributed by atoms with Crippen LogP contribution in [-0.2, 0) is 6.42 Å². The maximum absolute atomic E-state index is 10.9. The summed E-state index contributed by atoms with van der Waals surface area (Å²) in [4.78, 5) is 4.94. The largest absolute Gasteiger partial charge is 0.382 e. The second-order valence-corrected chi connectivity index (χ2v) is 7.81. The Hall–Kier alpha value is -2.10. The first-order chi connectivity index (χ1) is 12.7. The smallest absolute Gasteiger partial charge is 0.130 e. The van der Waals surface area contributed by atoms with Crippen molar-refractivity contribution in [3.05, 3.63) is 71.4 Å². The van der Waals surface area contributed by atoms with Gasteiger partial charge < -0.3 is 15.0 Å².